The standard InChI is InChI=1S/C15H24N4/c1-11-5-7-17-15(14(11)16)19-9-6-13-12(10-19)4-3-8-18(13)2/h5,7,12-13H,3-4,6,8-10,16H2,1-2H3. The number of aromatic nitrogens is 1. The highest BCUT2D eigenvalue weighted by molar-refractivity contribution is 5.66. The van der Waals surface area contributed by atoms with Crippen molar-refractivity contribution in [2.24, 2.45) is 5.92 Å². The predicted octanol–water partition coefficient (Wildman–Crippen LogP) is 1.89. The van der Waals surface area contributed by atoms with Gasteiger partial charge in [-0.05, 0) is 57.3 Å². The summed E-state index contributed by atoms with van der Waals surface area (Å²) < 4.78 is 0. The zero-order valence-electron chi connectivity index (χ0n) is 12.0. The first-order valence-electron chi connectivity index (χ1n) is 7.33. The number of likely N-dealkylation sites (tertiary alicyclic amines) is 1. The van der Waals surface area contributed by atoms with Crippen LogP contribution in [0.4, 0.5) is 11.5 Å². The van der Waals surface area contributed by atoms with E-state index in [4.69, 9.17) is 5.73 Å². The van der Waals surface area contributed by atoms with Crippen LogP contribution in [-0.4, -0.2) is 42.6 Å². The Morgan fingerprint density at radius 3 is 3.00 bits per heavy atom. The maximum absolute atomic E-state index is 6.19. The third-order valence-electron chi connectivity index (χ3n) is 4.83. The first-order chi connectivity index (χ1) is 9.16. The van der Waals surface area contributed by atoms with E-state index >= 15 is 0 Å². The minimum absolute atomic E-state index is 0.760. The molecule has 4 nitrogen and oxygen atoms in total. The fourth-order valence-corrected chi connectivity index (χ4v) is 3.65. The summed E-state index contributed by atoms with van der Waals surface area (Å²) in [5.74, 6) is 1.76. The molecule has 0 radical (unpaired) electrons. The Morgan fingerprint density at radius 2 is 2.16 bits per heavy atom. The van der Waals surface area contributed by atoms with E-state index in [1.165, 1.54) is 25.8 Å². The molecule has 1 aromatic heterocycles. The van der Waals surface area contributed by atoms with Crippen LogP contribution in [0, 0.1) is 12.8 Å². The number of rotatable bonds is 1. The van der Waals surface area contributed by atoms with Crippen LogP contribution >= 0.6 is 0 Å². The molecule has 4 heteroatoms. The normalized spacial score (nSPS) is 28.2. The Morgan fingerprint density at radius 1 is 1.32 bits per heavy atom. The van der Waals surface area contributed by atoms with E-state index in [0.717, 1.165) is 42.1 Å². The van der Waals surface area contributed by atoms with Gasteiger partial charge in [-0.3, -0.25) is 0 Å². The minimum atomic E-state index is 0.760. The van der Waals surface area contributed by atoms with Crippen LogP contribution in [0.15, 0.2) is 12.3 Å². The number of piperidine rings is 2. The largest absolute Gasteiger partial charge is 0.396 e. The van der Waals surface area contributed by atoms with Gasteiger partial charge in [0.15, 0.2) is 5.82 Å². The lowest BCUT2D eigenvalue weighted by molar-refractivity contribution is 0.102. The molecule has 2 unspecified atom stereocenters. The van der Waals surface area contributed by atoms with E-state index in [1.807, 2.05) is 12.3 Å². The van der Waals surface area contributed by atoms with E-state index in [9.17, 15) is 0 Å². The number of hydrogen-bond acceptors (Lipinski definition) is 4. The third-order valence-corrected chi connectivity index (χ3v) is 4.83. The van der Waals surface area contributed by atoms with E-state index in [1.54, 1.807) is 0 Å². The molecule has 3 rings (SSSR count). The van der Waals surface area contributed by atoms with Gasteiger partial charge in [0.05, 0.1) is 5.69 Å². The number of nitrogen functional groups attached to an aromatic ring is 1. The fraction of sp³-hybridized carbons (Fsp3) is 0.667. The number of hydrogen-bond donors (Lipinski definition) is 1. The molecule has 0 bridgehead atoms. The molecule has 2 aliphatic heterocycles. The van der Waals surface area contributed by atoms with Crippen LogP contribution in [-0.2, 0) is 0 Å². The second-order valence-corrected chi connectivity index (χ2v) is 6.05. The average Bonchev–Trinajstić information content (AvgIpc) is 2.42. The molecule has 2 aliphatic rings. The number of nitrogens with zero attached hydrogens (tertiary/aromatic N) is 3. The Hall–Kier alpha value is -1.29. The number of anilines is 2. The Balaban J connectivity index is 1.79. The van der Waals surface area contributed by atoms with Crippen molar-refractivity contribution in [2.75, 3.05) is 37.3 Å². The second kappa shape index (κ2) is 5.00. The van der Waals surface area contributed by atoms with Crippen molar-refractivity contribution in [3.05, 3.63) is 17.8 Å². The summed E-state index contributed by atoms with van der Waals surface area (Å²) >= 11 is 0. The monoisotopic (exact) mass is 260 g/mol. The summed E-state index contributed by atoms with van der Waals surface area (Å²) in [6.45, 7) is 5.50. The summed E-state index contributed by atoms with van der Waals surface area (Å²) in [6, 6.07) is 2.75. The van der Waals surface area contributed by atoms with Crippen molar-refractivity contribution in [1.29, 1.82) is 0 Å². The van der Waals surface area contributed by atoms with Gasteiger partial charge in [-0.15, -0.1) is 0 Å². The van der Waals surface area contributed by atoms with Crippen LogP contribution in [0.2, 0.25) is 0 Å². The SMILES string of the molecule is Cc1ccnc(N2CCC3C(CCCN3C)C2)c1N. The van der Waals surface area contributed by atoms with Crippen LogP contribution < -0.4 is 10.6 Å². The first-order valence-corrected chi connectivity index (χ1v) is 7.33. The van der Waals surface area contributed by atoms with Gasteiger partial charge in [-0.25, -0.2) is 4.98 Å². The summed E-state index contributed by atoms with van der Waals surface area (Å²) in [4.78, 5) is 9.44. The Bertz CT molecular complexity index is 459. The topological polar surface area (TPSA) is 45.4 Å². The van der Waals surface area contributed by atoms with E-state index in [2.05, 4.69) is 28.8 Å². The highest BCUT2D eigenvalue weighted by atomic mass is 15.2. The summed E-state index contributed by atoms with van der Waals surface area (Å²) in [5, 5.41) is 0. The molecule has 1 aromatic rings. The van der Waals surface area contributed by atoms with Crippen LogP contribution in [0.5, 0.6) is 0 Å². The molecule has 2 N–H and O–H groups in total. The van der Waals surface area contributed by atoms with Crippen molar-refractivity contribution in [2.45, 2.75) is 32.2 Å². The molecule has 0 amide bonds. The van der Waals surface area contributed by atoms with Crippen LogP contribution in [0.3, 0.4) is 0 Å². The number of fused-ring (bicyclic) bond motifs is 1. The zero-order valence-corrected chi connectivity index (χ0v) is 12.0. The molecule has 2 saturated heterocycles. The lowest BCUT2D eigenvalue weighted by atomic mass is 9.84. The number of nitrogens with two attached hydrogens (primary N) is 1. The van der Waals surface area contributed by atoms with Crippen molar-refractivity contribution in [3.63, 3.8) is 0 Å². The van der Waals surface area contributed by atoms with Gasteiger partial charge in [0.2, 0.25) is 0 Å². The summed E-state index contributed by atoms with van der Waals surface area (Å²) in [5.41, 5.74) is 8.18. The van der Waals surface area contributed by atoms with E-state index in [-0.39, 0.29) is 0 Å². The van der Waals surface area contributed by atoms with Crippen molar-refractivity contribution in [1.82, 2.24) is 9.88 Å². The molecular weight excluding hydrogens is 236 g/mol. The summed E-state index contributed by atoms with van der Waals surface area (Å²) in [6.07, 6.45) is 5.77. The van der Waals surface area contributed by atoms with Gasteiger partial charge in [-0.1, -0.05) is 0 Å². The van der Waals surface area contributed by atoms with Gasteiger partial charge in [0.25, 0.3) is 0 Å². The maximum atomic E-state index is 6.19. The fourth-order valence-electron chi connectivity index (χ4n) is 3.65. The lowest BCUT2D eigenvalue weighted by Crippen LogP contribution is -2.53. The van der Waals surface area contributed by atoms with E-state index < -0.39 is 0 Å². The highest BCUT2D eigenvalue weighted by Crippen LogP contribution is 2.33. The third kappa shape index (κ3) is 2.29. The van der Waals surface area contributed by atoms with E-state index in [0.29, 0.717) is 0 Å². The van der Waals surface area contributed by atoms with Crippen LogP contribution in [0.1, 0.15) is 24.8 Å². The second-order valence-electron chi connectivity index (χ2n) is 6.05. The van der Waals surface area contributed by atoms with Crippen LogP contribution in [0.25, 0.3) is 0 Å². The molecule has 2 fully saturated rings. The number of pyridine rings is 1. The molecule has 3 heterocycles. The van der Waals surface area contributed by atoms with Gasteiger partial charge >= 0.3 is 0 Å². The molecule has 0 spiro atoms. The molecule has 0 aliphatic carbocycles. The van der Waals surface area contributed by atoms with Crippen molar-refractivity contribution < 1.29 is 0 Å². The summed E-state index contributed by atoms with van der Waals surface area (Å²) in [7, 11) is 2.27. The lowest BCUT2D eigenvalue weighted by Gasteiger charge is -2.46. The predicted molar refractivity (Wildman–Crippen MR) is 79.4 cm³/mol. The van der Waals surface area contributed by atoms with Gasteiger partial charge in [-0.2, -0.15) is 0 Å². The van der Waals surface area contributed by atoms with Gasteiger partial charge in [0.1, 0.15) is 0 Å². The first kappa shape index (κ1) is 12.7. The molecular formula is C15H24N4. The van der Waals surface area contributed by atoms with Gasteiger partial charge < -0.3 is 15.5 Å². The molecule has 2 atom stereocenters. The van der Waals surface area contributed by atoms with Crippen molar-refractivity contribution >= 4 is 11.5 Å². The number of aryl methyl sites for hydroxylation is 1. The van der Waals surface area contributed by atoms with Gasteiger partial charge in [0, 0.05) is 25.3 Å². The maximum Gasteiger partial charge on any atom is 0.152 e. The average molecular weight is 260 g/mol. The smallest absolute Gasteiger partial charge is 0.152 e. The van der Waals surface area contributed by atoms with Crippen molar-refractivity contribution in [3.8, 4) is 0 Å². The molecule has 19 heavy (non-hydrogen) atoms. The molecule has 0 saturated carbocycles. The molecule has 104 valence electrons. The zero-order chi connectivity index (χ0) is 13.4. The minimum Gasteiger partial charge on any atom is -0.396 e. The molecule has 0 aromatic carbocycles. The Kier molecular flexibility index (Phi) is 3.35. The highest BCUT2D eigenvalue weighted by Gasteiger charge is 2.35. The Labute approximate surface area is 115 Å². The quantitative estimate of drug-likeness (QED) is 0.837.